The van der Waals surface area contributed by atoms with E-state index in [9.17, 15) is 0 Å². The summed E-state index contributed by atoms with van der Waals surface area (Å²) in [5.41, 5.74) is 8.65. The van der Waals surface area contributed by atoms with Gasteiger partial charge in [-0.2, -0.15) is 0 Å². The maximum Gasteiger partial charge on any atom is 0.0412 e. The average molecular weight is 232 g/mol. The number of allylic oxidation sites excluding steroid dienone is 1. The third-order valence-electron chi connectivity index (χ3n) is 3.09. The van der Waals surface area contributed by atoms with E-state index in [0.29, 0.717) is 0 Å². The van der Waals surface area contributed by atoms with Gasteiger partial charge < -0.3 is 10.6 Å². The van der Waals surface area contributed by atoms with Gasteiger partial charge in [0.05, 0.1) is 0 Å². The molecule has 0 aliphatic heterocycles. The minimum absolute atomic E-state index is 0.132. The molecule has 0 fully saturated rings. The lowest BCUT2D eigenvalue weighted by Crippen LogP contribution is -2.22. The summed E-state index contributed by atoms with van der Waals surface area (Å²) in [5.74, 6) is 0. The van der Waals surface area contributed by atoms with E-state index in [0.717, 1.165) is 25.8 Å². The van der Waals surface area contributed by atoms with Crippen molar-refractivity contribution in [1.29, 1.82) is 0 Å². The highest BCUT2D eigenvalue weighted by atomic mass is 15.1. The van der Waals surface area contributed by atoms with E-state index in [1.165, 1.54) is 11.3 Å². The molecule has 0 radical (unpaired) electrons. The predicted molar refractivity (Wildman–Crippen MR) is 76.4 cm³/mol. The first-order chi connectivity index (χ1) is 8.20. The normalized spacial score (nSPS) is 12.2. The summed E-state index contributed by atoms with van der Waals surface area (Å²) in [6.45, 7) is 6.92. The Morgan fingerprint density at radius 3 is 2.76 bits per heavy atom. The first-order valence-corrected chi connectivity index (χ1v) is 6.37. The van der Waals surface area contributed by atoms with Gasteiger partial charge in [0, 0.05) is 25.3 Å². The van der Waals surface area contributed by atoms with Crippen LogP contribution in [-0.4, -0.2) is 13.6 Å². The number of nitrogens with zero attached hydrogens (tertiary/aromatic N) is 1. The summed E-state index contributed by atoms with van der Waals surface area (Å²) in [7, 11) is 2.13. The molecule has 0 spiro atoms. The van der Waals surface area contributed by atoms with Crippen molar-refractivity contribution in [2.75, 3.05) is 18.5 Å². The monoisotopic (exact) mass is 232 g/mol. The second-order valence-electron chi connectivity index (χ2n) is 4.43. The fraction of sp³-hybridized carbons (Fsp3) is 0.467. The Hall–Kier alpha value is -1.28. The van der Waals surface area contributed by atoms with E-state index in [1.807, 2.05) is 6.08 Å². The van der Waals surface area contributed by atoms with Gasteiger partial charge in [-0.3, -0.25) is 0 Å². The smallest absolute Gasteiger partial charge is 0.0412 e. The third-order valence-corrected chi connectivity index (χ3v) is 3.09. The summed E-state index contributed by atoms with van der Waals surface area (Å²) in [5, 5.41) is 0. The van der Waals surface area contributed by atoms with Gasteiger partial charge in [0.25, 0.3) is 0 Å². The molecular formula is C15H24N2. The van der Waals surface area contributed by atoms with Crippen molar-refractivity contribution in [3.05, 3.63) is 42.5 Å². The van der Waals surface area contributed by atoms with Crippen molar-refractivity contribution in [1.82, 2.24) is 0 Å². The fourth-order valence-electron chi connectivity index (χ4n) is 1.96. The van der Waals surface area contributed by atoms with Crippen LogP contribution in [0.3, 0.4) is 0 Å². The van der Waals surface area contributed by atoms with Gasteiger partial charge in [0.1, 0.15) is 0 Å². The van der Waals surface area contributed by atoms with Gasteiger partial charge in [-0.05, 0) is 30.9 Å². The van der Waals surface area contributed by atoms with Gasteiger partial charge in [-0.1, -0.05) is 31.2 Å². The molecule has 1 aromatic carbocycles. The number of hydrogen-bond acceptors (Lipinski definition) is 2. The van der Waals surface area contributed by atoms with E-state index >= 15 is 0 Å². The Kier molecular flexibility index (Phi) is 5.78. The minimum atomic E-state index is 0.132. The highest BCUT2D eigenvalue weighted by Gasteiger charge is 2.11. The summed E-state index contributed by atoms with van der Waals surface area (Å²) in [6, 6.07) is 8.55. The average Bonchev–Trinajstić information content (AvgIpc) is 2.38. The van der Waals surface area contributed by atoms with Crippen LogP contribution in [-0.2, 0) is 0 Å². The van der Waals surface area contributed by atoms with E-state index in [2.05, 4.69) is 49.7 Å². The molecule has 1 rings (SSSR count). The summed E-state index contributed by atoms with van der Waals surface area (Å²) in [6.07, 6.45) is 5.14. The van der Waals surface area contributed by atoms with E-state index in [1.54, 1.807) is 0 Å². The molecule has 0 aromatic heterocycles. The Morgan fingerprint density at radius 1 is 1.41 bits per heavy atom. The Morgan fingerprint density at radius 2 is 2.12 bits per heavy atom. The summed E-state index contributed by atoms with van der Waals surface area (Å²) in [4.78, 5) is 2.29. The zero-order valence-corrected chi connectivity index (χ0v) is 11.0. The molecular weight excluding hydrogens is 208 g/mol. The van der Waals surface area contributed by atoms with Crippen molar-refractivity contribution in [2.45, 2.75) is 32.2 Å². The van der Waals surface area contributed by atoms with Gasteiger partial charge in [0.2, 0.25) is 0 Å². The summed E-state index contributed by atoms with van der Waals surface area (Å²) < 4.78 is 0. The Labute approximate surface area is 105 Å². The molecule has 0 aliphatic rings. The highest BCUT2D eigenvalue weighted by Crippen LogP contribution is 2.26. The molecule has 94 valence electrons. The first-order valence-electron chi connectivity index (χ1n) is 6.37. The highest BCUT2D eigenvalue weighted by molar-refractivity contribution is 5.54. The maximum atomic E-state index is 6.14. The van der Waals surface area contributed by atoms with E-state index in [4.69, 9.17) is 5.73 Å². The van der Waals surface area contributed by atoms with Crippen LogP contribution >= 0.6 is 0 Å². The number of rotatable bonds is 7. The van der Waals surface area contributed by atoms with Crippen molar-refractivity contribution in [3.63, 3.8) is 0 Å². The number of anilines is 1. The van der Waals surface area contributed by atoms with Crippen LogP contribution in [0.4, 0.5) is 5.69 Å². The molecule has 1 atom stereocenters. The Balaban J connectivity index is 2.77. The van der Waals surface area contributed by atoms with Crippen LogP contribution in [0.15, 0.2) is 36.9 Å². The second-order valence-corrected chi connectivity index (χ2v) is 4.43. The second kappa shape index (κ2) is 7.13. The van der Waals surface area contributed by atoms with Gasteiger partial charge in [-0.15, -0.1) is 6.58 Å². The molecule has 1 aromatic rings. The van der Waals surface area contributed by atoms with Crippen molar-refractivity contribution in [3.8, 4) is 0 Å². The molecule has 17 heavy (non-hydrogen) atoms. The van der Waals surface area contributed by atoms with Crippen LogP contribution in [0.5, 0.6) is 0 Å². The number of nitrogens with two attached hydrogens (primary N) is 1. The standard InChI is InChI=1S/C15H24N2/c1-4-6-9-12-17(3)15-11-8-7-10-13(15)14(16)5-2/h4,7-8,10-11,14H,1,5-6,9,12,16H2,2-3H3. The topological polar surface area (TPSA) is 29.3 Å². The van der Waals surface area contributed by atoms with Crippen LogP contribution in [0.1, 0.15) is 37.8 Å². The predicted octanol–water partition coefficient (Wildman–Crippen LogP) is 3.50. The molecule has 0 amide bonds. The number of unbranched alkanes of at least 4 members (excludes halogenated alkanes) is 1. The molecule has 2 N–H and O–H groups in total. The largest absolute Gasteiger partial charge is 0.374 e. The van der Waals surface area contributed by atoms with Crippen molar-refractivity contribution >= 4 is 5.69 Å². The lowest BCUT2D eigenvalue weighted by Gasteiger charge is -2.24. The van der Waals surface area contributed by atoms with Crippen LogP contribution < -0.4 is 10.6 Å². The SMILES string of the molecule is C=CCCCN(C)c1ccccc1C(N)CC. The molecule has 0 bridgehead atoms. The van der Waals surface area contributed by atoms with Gasteiger partial charge in [-0.25, -0.2) is 0 Å². The first kappa shape index (κ1) is 13.8. The zero-order chi connectivity index (χ0) is 12.7. The van der Waals surface area contributed by atoms with Gasteiger partial charge in [0.15, 0.2) is 0 Å². The molecule has 0 saturated heterocycles. The summed E-state index contributed by atoms with van der Waals surface area (Å²) >= 11 is 0. The third kappa shape index (κ3) is 3.90. The van der Waals surface area contributed by atoms with E-state index in [-0.39, 0.29) is 6.04 Å². The molecule has 0 heterocycles. The van der Waals surface area contributed by atoms with E-state index < -0.39 is 0 Å². The lowest BCUT2D eigenvalue weighted by atomic mass is 10.0. The number of benzene rings is 1. The van der Waals surface area contributed by atoms with Crippen LogP contribution in [0.2, 0.25) is 0 Å². The molecule has 0 aliphatic carbocycles. The number of para-hydroxylation sites is 1. The van der Waals surface area contributed by atoms with Crippen LogP contribution in [0, 0.1) is 0 Å². The molecule has 2 nitrogen and oxygen atoms in total. The minimum Gasteiger partial charge on any atom is -0.374 e. The van der Waals surface area contributed by atoms with Crippen LogP contribution in [0.25, 0.3) is 0 Å². The molecule has 0 saturated carbocycles. The van der Waals surface area contributed by atoms with Crippen molar-refractivity contribution in [2.24, 2.45) is 5.73 Å². The molecule has 2 heteroatoms. The zero-order valence-electron chi connectivity index (χ0n) is 11.0. The van der Waals surface area contributed by atoms with Crippen molar-refractivity contribution < 1.29 is 0 Å². The fourth-order valence-corrected chi connectivity index (χ4v) is 1.96. The van der Waals surface area contributed by atoms with Gasteiger partial charge >= 0.3 is 0 Å². The quantitative estimate of drug-likeness (QED) is 0.576. The maximum absolute atomic E-state index is 6.14. The molecule has 1 unspecified atom stereocenters. The Bertz CT molecular complexity index is 347. The number of hydrogen-bond donors (Lipinski definition) is 1. The lowest BCUT2D eigenvalue weighted by molar-refractivity contribution is 0.691.